The van der Waals surface area contributed by atoms with Gasteiger partial charge in [-0.3, -0.25) is 0 Å². The van der Waals surface area contributed by atoms with Crippen LogP contribution in [0.4, 0.5) is 4.79 Å². The fourth-order valence-electron chi connectivity index (χ4n) is 4.83. The van der Waals surface area contributed by atoms with E-state index in [0.29, 0.717) is 22.4 Å². The number of carbonyl (C=O) groups is 1. The van der Waals surface area contributed by atoms with E-state index in [1.54, 1.807) is 33.8 Å². The zero-order valence-corrected chi connectivity index (χ0v) is 21.4. The van der Waals surface area contributed by atoms with Crippen molar-refractivity contribution in [1.29, 1.82) is 0 Å². The van der Waals surface area contributed by atoms with E-state index < -0.39 is 54.1 Å². The van der Waals surface area contributed by atoms with E-state index in [4.69, 9.17) is 47.0 Å². The third-order valence-electron chi connectivity index (χ3n) is 6.30. The number of hydrogen-bond acceptors (Lipinski definition) is 12. The van der Waals surface area contributed by atoms with Gasteiger partial charge in [-0.2, -0.15) is 0 Å². The Labute approximate surface area is 212 Å². The lowest BCUT2D eigenvalue weighted by Gasteiger charge is -2.36. The van der Waals surface area contributed by atoms with E-state index in [-0.39, 0.29) is 18.8 Å². The summed E-state index contributed by atoms with van der Waals surface area (Å²) in [6.07, 6.45) is -3.85. The average molecular weight is 523 g/mol. The second-order valence-corrected chi connectivity index (χ2v) is 9.85. The Morgan fingerprint density at radius 3 is 2.24 bits per heavy atom. The SMILES string of the molecule is COc1cc2oc(=O)cc(COC(=O)OC[C@H]3O[C@@H]4OC(C)(C)O[C@@H]4[C@H]4OC(C)(C)O[C@H]43)c2cc1OC. The van der Waals surface area contributed by atoms with Gasteiger partial charge in [-0.05, 0) is 33.8 Å². The van der Waals surface area contributed by atoms with Gasteiger partial charge >= 0.3 is 11.8 Å². The van der Waals surface area contributed by atoms with Crippen LogP contribution in [-0.2, 0) is 39.8 Å². The highest BCUT2D eigenvalue weighted by atomic mass is 16.9. The number of rotatable bonds is 6. The number of methoxy groups -OCH3 is 2. The maximum absolute atomic E-state index is 12.5. The van der Waals surface area contributed by atoms with Gasteiger partial charge in [0.1, 0.15) is 43.2 Å². The molecule has 0 aliphatic carbocycles. The molecule has 3 aliphatic rings. The summed E-state index contributed by atoms with van der Waals surface area (Å²) in [6.45, 7) is 6.74. The minimum absolute atomic E-state index is 0.171. The summed E-state index contributed by atoms with van der Waals surface area (Å²) in [4.78, 5) is 24.5. The van der Waals surface area contributed by atoms with Crippen LogP contribution >= 0.6 is 0 Å². The first-order valence-corrected chi connectivity index (χ1v) is 11.8. The lowest BCUT2D eigenvalue weighted by molar-refractivity contribution is -0.240. The van der Waals surface area contributed by atoms with Crippen LogP contribution in [-0.4, -0.2) is 69.3 Å². The van der Waals surface area contributed by atoms with Crippen LogP contribution in [0.1, 0.15) is 33.3 Å². The first kappa shape index (κ1) is 25.7. The van der Waals surface area contributed by atoms with E-state index in [1.807, 2.05) is 0 Å². The number of ether oxygens (including phenoxy) is 9. The van der Waals surface area contributed by atoms with Crippen molar-refractivity contribution in [2.24, 2.45) is 0 Å². The Morgan fingerprint density at radius 1 is 0.865 bits per heavy atom. The van der Waals surface area contributed by atoms with E-state index in [0.717, 1.165) is 0 Å². The molecule has 12 heteroatoms. The Bertz CT molecular complexity index is 1230. The van der Waals surface area contributed by atoms with Crippen molar-refractivity contribution in [3.63, 3.8) is 0 Å². The Morgan fingerprint density at radius 2 is 1.51 bits per heavy atom. The van der Waals surface area contributed by atoms with Crippen LogP contribution in [0.5, 0.6) is 11.5 Å². The summed E-state index contributed by atoms with van der Waals surface area (Å²) in [5, 5.41) is 0.522. The Hall–Kier alpha value is -2.90. The van der Waals surface area contributed by atoms with Crippen molar-refractivity contribution in [3.05, 3.63) is 34.2 Å². The summed E-state index contributed by atoms with van der Waals surface area (Å²) >= 11 is 0. The minimum atomic E-state index is -0.953. The highest BCUT2D eigenvalue weighted by molar-refractivity contribution is 5.84. The van der Waals surface area contributed by atoms with Gasteiger partial charge in [-0.1, -0.05) is 0 Å². The van der Waals surface area contributed by atoms with Gasteiger partial charge < -0.3 is 47.0 Å². The van der Waals surface area contributed by atoms with Gasteiger partial charge in [0.25, 0.3) is 0 Å². The van der Waals surface area contributed by atoms with E-state index in [1.165, 1.54) is 26.4 Å². The fraction of sp³-hybridized carbons (Fsp3) is 0.600. The van der Waals surface area contributed by atoms with Crippen LogP contribution in [0.25, 0.3) is 11.0 Å². The van der Waals surface area contributed by atoms with Crippen molar-refractivity contribution in [1.82, 2.24) is 0 Å². The Balaban J connectivity index is 1.25. The average Bonchev–Trinajstić information content (AvgIpc) is 3.33. The molecule has 0 unspecified atom stereocenters. The van der Waals surface area contributed by atoms with Crippen LogP contribution < -0.4 is 15.1 Å². The quantitative estimate of drug-likeness (QED) is 0.408. The fourth-order valence-corrected chi connectivity index (χ4v) is 4.83. The van der Waals surface area contributed by atoms with E-state index >= 15 is 0 Å². The molecule has 0 amide bonds. The lowest BCUT2D eigenvalue weighted by Crippen LogP contribution is -2.56. The summed E-state index contributed by atoms with van der Waals surface area (Å²) < 4.78 is 56.4. The van der Waals surface area contributed by atoms with Gasteiger partial charge in [0.15, 0.2) is 29.4 Å². The minimum Gasteiger partial charge on any atom is -0.493 e. The molecule has 37 heavy (non-hydrogen) atoms. The zero-order valence-electron chi connectivity index (χ0n) is 21.4. The van der Waals surface area contributed by atoms with Crippen molar-refractivity contribution >= 4 is 17.1 Å². The molecule has 5 atom stereocenters. The first-order chi connectivity index (χ1) is 17.5. The number of carbonyl (C=O) groups excluding carboxylic acids is 1. The highest BCUT2D eigenvalue weighted by Crippen LogP contribution is 2.44. The summed E-state index contributed by atoms with van der Waals surface area (Å²) in [7, 11) is 2.96. The molecule has 0 N–H and O–H groups in total. The van der Waals surface area contributed by atoms with Crippen molar-refractivity contribution in [2.45, 2.75) is 76.6 Å². The van der Waals surface area contributed by atoms with Gasteiger partial charge in [0, 0.05) is 23.1 Å². The van der Waals surface area contributed by atoms with E-state index in [2.05, 4.69) is 0 Å². The van der Waals surface area contributed by atoms with Crippen molar-refractivity contribution in [2.75, 3.05) is 20.8 Å². The molecule has 0 radical (unpaired) electrons. The summed E-state index contributed by atoms with van der Waals surface area (Å²) in [5.74, 6) is -0.910. The summed E-state index contributed by atoms with van der Waals surface area (Å²) in [5.41, 5.74) is 0.0654. The van der Waals surface area contributed by atoms with Crippen LogP contribution in [0.3, 0.4) is 0 Å². The van der Waals surface area contributed by atoms with Crippen molar-refractivity contribution < 1.29 is 51.8 Å². The van der Waals surface area contributed by atoms with Gasteiger partial charge in [-0.25, -0.2) is 9.59 Å². The molecule has 4 heterocycles. The molecule has 3 aliphatic heterocycles. The number of hydrogen-bond donors (Lipinski definition) is 0. The predicted molar refractivity (Wildman–Crippen MR) is 124 cm³/mol. The molecule has 1 aromatic carbocycles. The van der Waals surface area contributed by atoms with Gasteiger partial charge in [0.05, 0.1) is 14.2 Å². The standard InChI is InChI=1S/C25H30O12/c1-24(2)34-19-17(33-22-21(20(19)35-24)36-25(3,4)37-22)11-31-23(27)30-10-12-7-18(26)32-14-9-16(29-6)15(28-5)8-13(12)14/h7-9,17,19-22H,10-11H2,1-6H3/t17-,19+,20+,21-,22-/m1/s1. The molecule has 5 rings (SSSR count). The molecule has 202 valence electrons. The summed E-state index contributed by atoms with van der Waals surface area (Å²) in [6, 6.07) is 4.40. The second kappa shape index (κ2) is 9.44. The Kier molecular flexibility index (Phi) is 6.57. The maximum atomic E-state index is 12.5. The molecular formula is C25H30O12. The van der Waals surface area contributed by atoms with Gasteiger partial charge in [-0.15, -0.1) is 0 Å². The first-order valence-electron chi connectivity index (χ1n) is 11.8. The molecule has 0 saturated carbocycles. The van der Waals surface area contributed by atoms with E-state index in [9.17, 15) is 9.59 Å². The number of benzene rings is 1. The predicted octanol–water partition coefficient (Wildman–Crippen LogP) is 2.86. The zero-order chi connectivity index (χ0) is 26.5. The normalized spacial score (nSPS) is 29.4. The lowest BCUT2D eigenvalue weighted by atomic mass is 9.99. The molecule has 1 aromatic heterocycles. The highest BCUT2D eigenvalue weighted by Gasteiger charge is 2.60. The molecule has 3 fully saturated rings. The molecule has 12 nitrogen and oxygen atoms in total. The largest absolute Gasteiger partial charge is 0.508 e. The van der Waals surface area contributed by atoms with Crippen LogP contribution in [0, 0.1) is 0 Å². The smallest absolute Gasteiger partial charge is 0.493 e. The third kappa shape index (κ3) is 5.12. The van der Waals surface area contributed by atoms with Gasteiger partial charge in [0.2, 0.25) is 0 Å². The molecular weight excluding hydrogens is 492 g/mol. The molecule has 3 saturated heterocycles. The number of fused-ring (bicyclic) bond motifs is 4. The monoisotopic (exact) mass is 522 g/mol. The molecule has 0 bridgehead atoms. The van der Waals surface area contributed by atoms with Crippen LogP contribution in [0.15, 0.2) is 27.4 Å². The topological polar surface area (TPSA) is 130 Å². The maximum Gasteiger partial charge on any atom is 0.508 e. The van der Waals surface area contributed by atoms with Crippen molar-refractivity contribution in [3.8, 4) is 11.5 Å². The molecule has 2 aromatic rings. The second-order valence-electron chi connectivity index (χ2n) is 9.85. The molecule has 0 spiro atoms. The van der Waals surface area contributed by atoms with Crippen LogP contribution in [0.2, 0.25) is 0 Å². The third-order valence-corrected chi connectivity index (χ3v) is 6.30.